The summed E-state index contributed by atoms with van der Waals surface area (Å²) in [6.07, 6.45) is 2.02. The van der Waals surface area contributed by atoms with E-state index in [0.29, 0.717) is 17.4 Å². The highest BCUT2D eigenvalue weighted by Crippen LogP contribution is 2.20. The molecule has 1 saturated carbocycles. The third kappa shape index (κ3) is 2.53. The predicted molar refractivity (Wildman–Crippen MR) is 70.6 cm³/mol. The van der Waals surface area contributed by atoms with E-state index in [1.165, 1.54) is 0 Å². The standard InChI is InChI=1S/C12H14ClN5O2/c1-6-10(13)7(2)18(16-6)5-9-15-12(20-17-9)11(19)14-8-3-4-8/h8H,3-5H2,1-2H3,(H,14,19). The number of rotatable bonds is 4. The number of aryl methyl sites for hydroxylation is 1. The van der Waals surface area contributed by atoms with Crippen molar-refractivity contribution in [3.05, 3.63) is 28.1 Å². The van der Waals surface area contributed by atoms with Crippen molar-refractivity contribution in [2.45, 2.75) is 39.3 Å². The molecule has 0 atom stereocenters. The molecule has 0 bridgehead atoms. The molecule has 2 heterocycles. The molecule has 0 aromatic carbocycles. The Bertz CT molecular complexity index is 659. The lowest BCUT2D eigenvalue weighted by Crippen LogP contribution is -2.25. The minimum absolute atomic E-state index is 0.0143. The first kappa shape index (κ1) is 13.1. The van der Waals surface area contributed by atoms with E-state index < -0.39 is 0 Å². The number of hydrogen-bond acceptors (Lipinski definition) is 5. The highest BCUT2D eigenvalue weighted by molar-refractivity contribution is 6.31. The number of nitrogens with one attached hydrogen (secondary N) is 1. The van der Waals surface area contributed by atoms with Gasteiger partial charge in [0.05, 0.1) is 16.4 Å². The van der Waals surface area contributed by atoms with Crippen LogP contribution in [0.25, 0.3) is 0 Å². The van der Waals surface area contributed by atoms with Gasteiger partial charge in [-0.2, -0.15) is 10.1 Å². The van der Waals surface area contributed by atoms with Gasteiger partial charge in [0.15, 0.2) is 5.82 Å². The monoisotopic (exact) mass is 295 g/mol. The Morgan fingerprint density at radius 3 is 2.85 bits per heavy atom. The lowest BCUT2D eigenvalue weighted by molar-refractivity contribution is 0.0907. The number of amides is 1. The van der Waals surface area contributed by atoms with Crippen molar-refractivity contribution in [1.29, 1.82) is 0 Å². The maximum absolute atomic E-state index is 11.7. The molecular formula is C12H14ClN5O2. The topological polar surface area (TPSA) is 85.8 Å². The lowest BCUT2D eigenvalue weighted by Gasteiger charge is -1.99. The Morgan fingerprint density at radius 2 is 2.25 bits per heavy atom. The SMILES string of the molecule is Cc1nn(Cc2noc(C(=O)NC3CC3)n2)c(C)c1Cl. The van der Waals surface area contributed by atoms with Crippen LogP contribution in [0, 0.1) is 13.8 Å². The Labute approximate surface area is 120 Å². The van der Waals surface area contributed by atoms with Gasteiger partial charge in [0, 0.05) is 6.04 Å². The molecule has 1 aliphatic carbocycles. The van der Waals surface area contributed by atoms with Gasteiger partial charge in [-0.05, 0) is 26.7 Å². The van der Waals surface area contributed by atoms with E-state index in [2.05, 4.69) is 20.6 Å². The molecule has 1 aliphatic rings. The summed E-state index contributed by atoms with van der Waals surface area (Å²) in [4.78, 5) is 15.8. The largest absolute Gasteiger partial charge is 0.345 e. The molecular weight excluding hydrogens is 282 g/mol. The van der Waals surface area contributed by atoms with E-state index in [-0.39, 0.29) is 17.8 Å². The summed E-state index contributed by atoms with van der Waals surface area (Å²) in [6, 6.07) is 0.257. The zero-order valence-corrected chi connectivity index (χ0v) is 11.9. The quantitative estimate of drug-likeness (QED) is 0.923. The van der Waals surface area contributed by atoms with Crippen molar-refractivity contribution in [2.24, 2.45) is 0 Å². The van der Waals surface area contributed by atoms with Gasteiger partial charge in [-0.15, -0.1) is 0 Å². The fourth-order valence-electron chi connectivity index (χ4n) is 1.85. The van der Waals surface area contributed by atoms with Crippen molar-refractivity contribution in [1.82, 2.24) is 25.2 Å². The van der Waals surface area contributed by atoms with Gasteiger partial charge in [0.25, 0.3) is 0 Å². The summed E-state index contributed by atoms with van der Waals surface area (Å²) in [7, 11) is 0. The molecule has 7 nitrogen and oxygen atoms in total. The third-order valence-corrected chi connectivity index (χ3v) is 3.71. The lowest BCUT2D eigenvalue weighted by atomic mass is 10.4. The van der Waals surface area contributed by atoms with Gasteiger partial charge in [-0.25, -0.2) is 0 Å². The zero-order valence-electron chi connectivity index (χ0n) is 11.2. The van der Waals surface area contributed by atoms with E-state index in [4.69, 9.17) is 16.1 Å². The molecule has 0 saturated heterocycles. The number of nitrogens with zero attached hydrogens (tertiary/aromatic N) is 4. The van der Waals surface area contributed by atoms with Crippen LogP contribution in [-0.4, -0.2) is 31.9 Å². The summed E-state index contributed by atoms with van der Waals surface area (Å²) in [5, 5.41) is 11.5. The molecule has 0 spiro atoms. The summed E-state index contributed by atoms with van der Waals surface area (Å²) in [6.45, 7) is 4.01. The molecule has 0 unspecified atom stereocenters. The highest BCUT2D eigenvalue weighted by atomic mass is 35.5. The number of carbonyl (C=O) groups is 1. The second-order valence-corrected chi connectivity index (χ2v) is 5.28. The van der Waals surface area contributed by atoms with Crippen molar-refractivity contribution < 1.29 is 9.32 Å². The first-order valence-electron chi connectivity index (χ1n) is 6.37. The molecule has 0 aliphatic heterocycles. The molecule has 2 aromatic heterocycles. The average molecular weight is 296 g/mol. The van der Waals surface area contributed by atoms with E-state index in [1.54, 1.807) is 4.68 Å². The van der Waals surface area contributed by atoms with Crippen LogP contribution in [0.1, 0.15) is 40.7 Å². The molecule has 1 N–H and O–H groups in total. The Balaban J connectivity index is 1.73. The molecule has 8 heteroatoms. The summed E-state index contributed by atoms with van der Waals surface area (Å²) < 4.78 is 6.64. The molecule has 2 aromatic rings. The second kappa shape index (κ2) is 4.90. The number of aromatic nitrogens is 4. The predicted octanol–water partition coefficient (Wildman–Crippen LogP) is 1.48. The van der Waals surface area contributed by atoms with Crippen LogP contribution in [0.2, 0.25) is 5.02 Å². The summed E-state index contributed by atoms with van der Waals surface area (Å²) in [5.41, 5.74) is 1.58. The van der Waals surface area contributed by atoms with Crippen LogP contribution >= 0.6 is 11.6 Å². The van der Waals surface area contributed by atoms with Crippen molar-refractivity contribution in [3.8, 4) is 0 Å². The van der Waals surface area contributed by atoms with Gasteiger partial charge < -0.3 is 9.84 Å². The first-order valence-corrected chi connectivity index (χ1v) is 6.75. The highest BCUT2D eigenvalue weighted by Gasteiger charge is 2.26. The normalized spacial score (nSPS) is 14.6. The van der Waals surface area contributed by atoms with Crippen LogP contribution in [0.4, 0.5) is 0 Å². The second-order valence-electron chi connectivity index (χ2n) is 4.91. The van der Waals surface area contributed by atoms with Gasteiger partial charge in [0.1, 0.15) is 6.54 Å². The number of halogens is 1. The zero-order chi connectivity index (χ0) is 14.3. The van der Waals surface area contributed by atoms with Crippen molar-refractivity contribution in [2.75, 3.05) is 0 Å². The van der Waals surface area contributed by atoms with E-state index in [0.717, 1.165) is 24.2 Å². The van der Waals surface area contributed by atoms with Crippen molar-refractivity contribution in [3.63, 3.8) is 0 Å². The number of hydrogen-bond donors (Lipinski definition) is 1. The maximum atomic E-state index is 11.7. The Kier molecular flexibility index (Phi) is 3.21. The molecule has 0 radical (unpaired) electrons. The first-order chi connectivity index (χ1) is 9.54. The van der Waals surface area contributed by atoms with Gasteiger partial charge in [0.2, 0.25) is 0 Å². The van der Waals surface area contributed by atoms with Gasteiger partial charge in [-0.3, -0.25) is 9.48 Å². The van der Waals surface area contributed by atoms with Crippen LogP contribution in [0.15, 0.2) is 4.52 Å². The molecule has 3 rings (SSSR count). The number of carbonyl (C=O) groups excluding carboxylic acids is 1. The Hall–Kier alpha value is -1.89. The fraction of sp³-hybridized carbons (Fsp3) is 0.500. The van der Waals surface area contributed by atoms with Crippen LogP contribution < -0.4 is 5.32 Å². The van der Waals surface area contributed by atoms with Crippen molar-refractivity contribution >= 4 is 17.5 Å². The average Bonchev–Trinajstić information content (AvgIpc) is 3.05. The molecule has 106 valence electrons. The maximum Gasteiger partial charge on any atom is 0.316 e. The summed E-state index contributed by atoms with van der Waals surface area (Å²) >= 11 is 6.07. The molecule has 1 amide bonds. The van der Waals surface area contributed by atoms with Crippen LogP contribution in [0.3, 0.4) is 0 Å². The molecule has 20 heavy (non-hydrogen) atoms. The van der Waals surface area contributed by atoms with E-state index in [1.807, 2.05) is 13.8 Å². The van der Waals surface area contributed by atoms with Gasteiger partial charge >= 0.3 is 11.8 Å². The van der Waals surface area contributed by atoms with Crippen LogP contribution in [-0.2, 0) is 6.54 Å². The fourth-order valence-corrected chi connectivity index (χ4v) is 1.98. The van der Waals surface area contributed by atoms with E-state index in [9.17, 15) is 4.79 Å². The van der Waals surface area contributed by atoms with Crippen LogP contribution in [0.5, 0.6) is 0 Å². The Morgan fingerprint density at radius 1 is 1.50 bits per heavy atom. The molecule has 1 fully saturated rings. The smallest absolute Gasteiger partial charge is 0.316 e. The minimum Gasteiger partial charge on any atom is -0.345 e. The summed E-state index contributed by atoms with van der Waals surface area (Å²) in [5.74, 6) is 0.0605. The van der Waals surface area contributed by atoms with Gasteiger partial charge in [-0.1, -0.05) is 16.8 Å². The third-order valence-electron chi connectivity index (χ3n) is 3.16. The minimum atomic E-state index is -0.322. The van der Waals surface area contributed by atoms with E-state index >= 15 is 0 Å².